The number of hydrogen-bond acceptors (Lipinski definition) is 6. The summed E-state index contributed by atoms with van der Waals surface area (Å²) in [5, 5.41) is 0. The van der Waals surface area contributed by atoms with Crippen LogP contribution in [0.25, 0.3) is 0 Å². The van der Waals surface area contributed by atoms with Crippen LogP contribution in [-0.2, 0) is 33.1 Å². The first-order valence-electron chi connectivity index (χ1n) is 22.2. The first-order chi connectivity index (χ1) is 26.1. The van der Waals surface area contributed by atoms with E-state index in [0.29, 0.717) is 0 Å². The zero-order chi connectivity index (χ0) is 39.6. The summed E-state index contributed by atoms with van der Waals surface area (Å²) in [6, 6.07) is 12.7. The number of aryl methyl sites for hydroxylation is 2. The first-order valence-corrected chi connectivity index (χ1v) is 25.0. The van der Waals surface area contributed by atoms with Crippen molar-refractivity contribution in [2.24, 2.45) is 0 Å². The fraction of sp³-hybridized carbons (Fsp3) is 0.739. The molecule has 0 atom stereocenters. The van der Waals surface area contributed by atoms with Gasteiger partial charge in [0.05, 0.1) is 9.79 Å². The molecule has 0 aliphatic carbocycles. The van der Waals surface area contributed by atoms with Crippen molar-refractivity contribution in [2.75, 3.05) is 0 Å². The van der Waals surface area contributed by atoms with E-state index in [-0.39, 0.29) is 32.8 Å². The minimum absolute atomic E-state index is 0. The third-order valence-electron chi connectivity index (χ3n) is 10.6. The van der Waals surface area contributed by atoms with Gasteiger partial charge in [-0.25, -0.2) is 16.8 Å². The van der Waals surface area contributed by atoms with E-state index in [1.54, 1.807) is 24.3 Å². The van der Waals surface area contributed by atoms with Gasteiger partial charge < -0.3 is 9.11 Å². The van der Waals surface area contributed by atoms with Gasteiger partial charge in [-0.05, 0) is 61.1 Å². The predicted molar refractivity (Wildman–Crippen MR) is 232 cm³/mol. The largest absolute Gasteiger partial charge is 2.00 e. The Morgan fingerprint density at radius 2 is 0.509 bits per heavy atom. The number of unbranched alkanes of at least 4 members (excludes halogenated alkanes) is 28. The average Bonchev–Trinajstić information content (AvgIpc) is 3.14. The summed E-state index contributed by atoms with van der Waals surface area (Å²) in [5.41, 5.74) is 2.22. The molecule has 2 aromatic carbocycles. The van der Waals surface area contributed by atoms with Gasteiger partial charge in [0.25, 0.3) is 0 Å². The Labute approximate surface area is 355 Å². The van der Waals surface area contributed by atoms with Gasteiger partial charge in [-0.1, -0.05) is 218 Å². The fourth-order valence-corrected chi connectivity index (χ4v) is 7.99. The van der Waals surface area contributed by atoms with Crippen LogP contribution in [0.4, 0.5) is 0 Å². The molecule has 0 aliphatic heterocycles. The minimum atomic E-state index is -4.32. The zero-order valence-electron chi connectivity index (χ0n) is 35.2. The molecule has 0 aliphatic rings. The van der Waals surface area contributed by atoms with Crippen LogP contribution in [0.2, 0.25) is 0 Å². The molecular weight excluding hydrogens is 737 g/mol. The molecule has 0 bridgehead atoms. The molecule has 0 aromatic heterocycles. The van der Waals surface area contributed by atoms with Crippen molar-refractivity contribution in [3.05, 3.63) is 59.7 Å². The topological polar surface area (TPSA) is 114 Å². The van der Waals surface area contributed by atoms with E-state index in [4.69, 9.17) is 0 Å². The van der Waals surface area contributed by atoms with Crippen molar-refractivity contribution in [2.45, 2.75) is 229 Å². The van der Waals surface area contributed by atoms with Crippen molar-refractivity contribution in [1.82, 2.24) is 0 Å². The molecule has 6 nitrogen and oxygen atoms in total. The summed E-state index contributed by atoms with van der Waals surface area (Å²) >= 11 is 0. The monoisotopic (exact) mass is 815 g/mol. The summed E-state index contributed by atoms with van der Waals surface area (Å²) < 4.78 is 65.4. The molecule has 2 rings (SSSR count). The molecule has 0 fully saturated rings. The van der Waals surface area contributed by atoms with Crippen molar-refractivity contribution in [1.29, 1.82) is 0 Å². The van der Waals surface area contributed by atoms with Gasteiger partial charge in [-0.2, -0.15) is 0 Å². The van der Waals surface area contributed by atoms with Crippen LogP contribution < -0.4 is 0 Å². The third-order valence-corrected chi connectivity index (χ3v) is 12.3. The quantitative estimate of drug-likeness (QED) is 0.0395. The number of benzene rings is 2. The fourth-order valence-electron chi connectivity index (χ4n) is 7.05. The summed E-state index contributed by atoms with van der Waals surface area (Å²) in [6.45, 7) is 4.54. The third kappa shape index (κ3) is 32.7. The Bertz CT molecular complexity index is 1240. The van der Waals surface area contributed by atoms with Crippen LogP contribution in [0.3, 0.4) is 0 Å². The smallest absolute Gasteiger partial charge is 0.744 e. The maximum Gasteiger partial charge on any atom is 2.00 e. The SMILES string of the molecule is CCCCCCCCCCCCCCCCCc1ccc(S(=O)(=O)[O-])cc1.CCCCCCCCCCCCCCCCCc1ccc(S(=O)(=O)[O-])cc1.[Mg+2]. The molecule has 9 heteroatoms. The molecule has 0 unspecified atom stereocenters. The molecule has 0 radical (unpaired) electrons. The summed E-state index contributed by atoms with van der Waals surface area (Å²) in [7, 11) is -8.64. The molecule has 0 spiro atoms. The van der Waals surface area contributed by atoms with Gasteiger partial charge in [0.2, 0.25) is 0 Å². The second-order valence-electron chi connectivity index (χ2n) is 15.6. The van der Waals surface area contributed by atoms with Gasteiger partial charge in [0, 0.05) is 0 Å². The molecule has 0 amide bonds. The Morgan fingerprint density at radius 1 is 0.327 bits per heavy atom. The van der Waals surface area contributed by atoms with Gasteiger partial charge in [0.1, 0.15) is 20.2 Å². The maximum atomic E-state index is 10.9. The molecule has 2 aromatic rings. The van der Waals surface area contributed by atoms with E-state index in [1.165, 1.54) is 204 Å². The van der Waals surface area contributed by atoms with Gasteiger partial charge >= 0.3 is 23.1 Å². The van der Waals surface area contributed by atoms with Crippen LogP contribution in [0.5, 0.6) is 0 Å². The van der Waals surface area contributed by atoms with Crippen LogP contribution in [0.15, 0.2) is 58.3 Å². The molecule has 0 heterocycles. The molecular formula is C46H78MgO6S2. The normalized spacial score (nSPS) is 11.6. The summed E-state index contributed by atoms with van der Waals surface area (Å²) in [4.78, 5) is -0.273. The van der Waals surface area contributed by atoms with Crippen LogP contribution in [-0.4, -0.2) is 49.0 Å². The van der Waals surface area contributed by atoms with Crippen molar-refractivity contribution in [3.63, 3.8) is 0 Å². The van der Waals surface area contributed by atoms with E-state index in [9.17, 15) is 25.9 Å². The van der Waals surface area contributed by atoms with E-state index < -0.39 is 20.2 Å². The summed E-state index contributed by atoms with van der Waals surface area (Å²) in [6.07, 6.45) is 42.6. The van der Waals surface area contributed by atoms with Gasteiger partial charge in [-0.15, -0.1) is 0 Å². The second kappa shape index (κ2) is 36.1. The predicted octanol–water partition coefficient (Wildman–Crippen LogP) is 13.6. The Balaban J connectivity index is 0.00000104. The molecule has 0 N–H and O–H groups in total. The molecule has 0 saturated heterocycles. The molecule has 55 heavy (non-hydrogen) atoms. The van der Waals surface area contributed by atoms with Crippen molar-refractivity contribution in [3.8, 4) is 0 Å². The first kappa shape index (κ1) is 54.0. The average molecular weight is 816 g/mol. The van der Waals surface area contributed by atoms with Crippen LogP contribution in [0, 0.1) is 0 Å². The van der Waals surface area contributed by atoms with Crippen LogP contribution >= 0.6 is 0 Å². The van der Waals surface area contributed by atoms with E-state index >= 15 is 0 Å². The van der Waals surface area contributed by atoms with E-state index in [1.807, 2.05) is 0 Å². The Morgan fingerprint density at radius 3 is 0.691 bits per heavy atom. The number of hydrogen-bond donors (Lipinski definition) is 0. The minimum Gasteiger partial charge on any atom is -0.744 e. The number of rotatable bonds is 34. The Hall–Kier alpha value is -0.974. The van der Waals surface area contributed by atoms with Gasteiger partial charge in [0.15, 0.2) is 0 Å². The van der Waals surface area contributed by atoms with E-state index in [2.05, 4.69) is 13.8 Å². The molecule has 312 valence electrons. The molecule has 0 saturated carbocycles. The van der Waals surface area contributed by atoms with E-state index in [0.717, 1.165) is 36.8 Å². The van der Waals surface area contributed by atoms with Crippen LogP contribution in [0.1, 0.15) is 218 Å². The maximum absolute atomic E-state index is 10.9. The second-order valence-corrected chi connectivity index (χ2v) is 18.4. The Kier molecular flexibility index (Phi) is 35.5. The summed E-state index contributed by atoms with van der Waals surface area (Å²) in [5.74, 6) is 0. The van der Waals surface area contributed by atoms with Gasteiger partial charge in [-0.3, -0.25) is 0 Å². The van der Waals surface area contributed by atoms with Crippen molar-refractivity contribution < 1.29 is 25.9 Å². The standard InChI is InChI=1S/2C23H40O3S.Mg/c2*1-2-3-4-5-6-7-8-9-10-11-12-13-14-15-16-17-22-18-20-23(21-19-22)27(24,25)26;/h2*18-21H,2-17H2,1H3,(H,24,25,26);/q;;+2/p-2. The van der Waals surface area contributed by atoms with Crippen molar-refractivity contribution >= 4 is 43.3 Å². The zero-order valence-corrected chi connectivity index (χ0v) is 38.3.